The van der Waals surface area contributed by atoms with Crippen LogP contribution in [0.15, 0.2) is 76.5 Å². The Hall–Kier alpha value is -2.19. The van der Waals surface area contributed by atoms with Crippen molar-refractivity contribution < 1.29 is 13.0 Å². The Morgan fingerprint density at radius 1 is 1.15 bits per heavy atom. The van der Waals surface area contributed by atoms with Crippen LogP contribution in [-0.2, 0) is 16.7 Å². The molecule has 0 radical (unpaired) electrons. The summed E-state index contributed by atoms with van der Waals surface area (Å²) < 4.78 is 35.1. The van der Waals surface area contributed by atoms with Gasteiger partial charge in [-0.05, 0) is 42.0 Å². The molecule has 0 saturated carbocycles. The number of halogens is 1. The predicted molar refractivity (Wildman–Crippen MR) is 103 cm³/mol. The van der Waals surface area contributed by atoms with Gasteiger partial charge in [0.1, 0.15) is 10.1 Å². The summed E-state index contributed by atoms with van der Waals surface area (Å²) in [6, 6.07) is 13.0. The summed E-state index contributed by atoms with van der Waals surface area (Å²) in [5.41, 5.74) is 2.53. The van der Waals surface area contributed by atoms with E-state index in [1.165, 1.54) is 35.6 Å². The lowest BCUT2D eigenvalue weighted by molar-refractivity contribution is 0.463. The van der Waals surface area contributed by atoms with Crippen molar-refractivity contribution in [2.24, 2.45) is 4.99 Å². The number of nitrogens with zero attached hydrogens (tertiary/aromatic N) is 2. The van der Waals surface area contributed by atoms with Crippen LogP contribution in [0, 0.1) is 0 Å². The molecule has 0 N–H and O–H groups in total. The zero-order chi connectivity index (χ0) is 18.7. The monoisotopic (exact) mass is 405 g/mol. The Labute approximate surface area is 160 Å². The molecule has 3 rings (SSSR count). The van der Waals surface area contributed by atoms with E-state index in [4.69, 9.17) is 11.6 Å². The lowest BCUT2D eigenvalue weighted by atomic mass is 10.2. The minimum Gasteiger partial charge on any atom is -0.744 e. The van der Waals surface area contributed by atoms with Gasteiger partial charge in [0, 0.05) is 16.9 Å². The van der Waals surface area contributed by atoms with Crippen molar-refractivity contribution in [3.8, 4) is 11.3 Å². The van der Waals surface area contributed by atoms with E-state index in [1.54, 1.807) is 6.08 Å². The molecular weight excluding hydrogens is 392 g/mol. The summed E-state index contributed by atoms with van der Waals surface area (Å²) >= 11 is 7.41. The van der Waals surface area contributed by atoms with Gasteiger partial charge in [-0.1, -0.05) is 29.8 Å². The average molecular weight is 406 g/mol. The van der Waals surface area contributed by atoms with Gasteiger partial charge < -0.3 is 9.12 Å². The zero-order valence-electron chi connectivity index (χ0n) is 13.5. The van der Waals surface area contributed by atoms with Gasteiger partial charge in [0.25, 0.3) is 0 Å². The van der Waals surface area contributed by atoms with Crippen molar-refractivity contribution in [3.63, 3.8) is 0 Å². The molecule has 0 aliphatic carbocycles. The molecule has 0 atom stereocenters. The number of benzene rings is 2. The Kier molecular flexibility index (Phi) is 5.43. The van der Waals surface area contributed by atoms with Crippen molar-refractivity contribution in [2.75, 3.05) is 0 Å². The van der Waals surface area contributed by atoms with Gasteiger partial charge in [0.05, 0.1) is 16.3 Å². The molecule has 0 bridgehead atoms. The number of hydrogen-bond donors (Lipinski definition) is 0. The van der Waals surface area contributed by atoms with Gasteiger partial charge in [-0.3, -0.25) is 0 Å². The summed E-state index contributed by atoms with van der Waals surface area (Å²) in [5.74, 6) is 0. The van der Waals surface area contributed by atoms with Gasteiger partial charge >= 0.3 is 0 Å². The van der Waals surface area contributed by atoms with E-state index in [2.05, 4.69) is 11.6 Å². The molecule has 8 heteroatoms. The topological polar surface area (TPSA) is 74.5 Å². The van der Waals surface area contributed by atoms with E-state index in [0.29, 0.717) is 17.3 Å². The molecule has 0 spiro atoms. The zero-order valence-corrected chi connectivity index (χ0v) is 15.9. The van der Waals surface area contributed by atoms with Crippen LogP contribution in [-0.4, -0.2) is 17.5 Å². The number of hydrogen-bond acceptors (Lipinski definition) is 5. The molecule has 1 aromatic heterocycles. The number of thiazole rings is 1. The van der Waals surface area contributed by atoms with E-state index in [-0.39, 0.29) is 4.90 Å². The first-order valence-corrected chi connectivity index (χ1v) is 10.2. The lowest BCUT2D eigenvalue weighted by Gasteiger charge is -2.07. The maximum absolute atomic E-state index is 11.0. The minimum absolute atomic E-state index is 0.275. The van der Waals surface area contributed by atoms with E-state index >= 15 is 0 Å². The maximum atomic E-state index is 11.0. The van der Waals surface area contributed by atoms with Crippen LogP contribution in [0.4, 0.5) is 5.69 Å². The molecule has 0 amide bonds. The molecule has 26 heavy (non-hydrogen) atoms. The molecule has 2 aromatic carbocycles. The molecule has 0 aliphatic rings. The second-order valence-corrected chi connectivity index (χ2v) is 8.02. The third-order valence-electron chi connectivity index (χ3n) is 3.60. The van der Waals surface area contributed by atoms with Crippen molar-refractivity contribution >= 4 is 38.7 Å². The Balaban J connectivity index is 2.06. The highest BCUT2D eigenvalue weighted by Crippen LogP contribution is 2.23. The molecule has 1 heterocycles. The quantitative estimate of drug-likeness (QED) is 0.471. The molecule has 0 aliphatic heterocycles. The van der Waals surface area contributed by atoms with Crippen LogP contribution in [0.3, 0.4) is 0 Å². The summed E-state index contributed by atoms with van der Waals surface area (Å²) in [5, 5.41) is 2.65. The van der Waals surface area contributed by atoms with Crippen LogP contribution in [0.25, 0.3) is 11.3 Å². The number of aromatic nitrogens is 1. The fourth-order valence-electron chi connectivity index (χ4n) is 2.37. The van der Waals surface area contributed by atoms with Crippen molar-refractivity contribution in [1.29, 1.82) is 0 Å². The van der Waals surface area contributed by atoms with Crippen molar-refractivity contribution in [1.82, 2.24) is 4.57 Å². The smallest absolute Gasteiger partial charge is 0.190 e. The highest BCUT2D eigenvalue weighted by molar-refractivity contribution is 7.85. The van der Waals surface area contributed by atoms with Gasteiger partial charge in [-0.2, -0.15) is 0 Å². The molecule has 3 aromatic rings. The maximum Gasteiger partial charge on any atom is 0.190 e. The molecule has 0 unspecified atom stereocenters. The third-order valence-corrected chi connectivity index (χ3v) is 5.56. The highest BCUT2D eigenvalue weighted by Gasteiger charge is 2.07. The van der Waals surface area contributed by atoms with E-state index < -0.39 is 10.1 Å². The minimum atomic E-state index is -4.46. The molecule has 0 saturated heterocycles. The van der Waals surface area contributed by atoms with Crippen molar-refractivity contribution in [3.05, 3.63) is 76.4 Å². The number of allylic oxidation sites excluding steroid dienone is 1. The lowest BCUT2D eigenvalue weighted by Crippen LogP contribution is -2.14. The fraction of sp³-hybridized carbons (Fsp3) is 0.0556. The summed E-state index contributed by atoms with van der Waals surface area (Å²) in [7, 11) is -4.46. The first-order valence-electron chi connectivity index (χ1n) is 7.54. The van der Waals surface area contributed by atoms with Gasteiger partial charge in [0.2, 0.25) is 0 Å². The SMILES string of the molecule is C=CCn1c(-c2ccc(Cl)cc2)csc1=Nc1ccc(S(=O)(=O)[O-])cc1. The largest absolute Gasteiger partial charge is 0.744 e. The van der Waals surface area contributed by atoms with Crippen LogP contribution in [0.1, 0.15) is 0 Å². The van der Waals surface area contributed by atoms with Gasteiger partial charge in [0.15, 0.2) is 4.80 Å². The summed E-state index contributed by atoms with van der Waals surface area (Å²) in [6.45, 7) is 4.35. The van der Waals surface area contributed by atoms with E-state index in [0.717, 1.165) is 16.1 Å². The standard InChI is InChI=1S/C18H15ClN2O3S2/c1-2-11-21-17(13-3-5-14(19)6-4-13)12-25-18(21)20-15-7-9-16(10-8-15)26(22,23)24/h2-10,12H,1,11H2,(H,22,23,24)/p-1. The van der Waals surface area contributed by atoms with Gasteiger partial charge in [-0.15, -0.1) is 17.9 Å². The van der Waals surface area contributed by atoms with Crippen LogP contribution in [0.5, 0.6) is 0 Å². The van der Waals surface area contributed by atoms with Crippen LogP contribution >= 0.6 is 22.9 Å². The van der Waals surface area contributed by atoms with Crippen LogP contribution in [0.2, 0.25) is 5.02 Å². The van der Waals surface area contributed by atoms with Crippen molar-refractivity contribution in [2.45, 2.75) is 11.4 Å². The fourth-order valence-corrected chi connectivity index (χ4v) is 3.91. The first kappa shape index (κ1) is 18.6. The van der Waals surface area contributed by atoms with E-state index in [9.17, 15) is 13.0 Å². The van der Waals surface area contributed by atoms with E-state index in [1.807, 2.05) is 34.2 Å². The first-order chi connectivity index (χ1) is 12.4. The number of rotatable bonds is 5. The predicted octanol–water partition coefficient (Wildman–Crippen LogP) is 4.19. The molecule has 5 nitrogen and oxygen atoms in total. The summed E-state index contributed by atoms with van der Waals surface area (Å²) in [4.78, 5) is 5.01. The highest BCUT2D eigenvalue weighted by atomic mass is 35.5. The summed E-state index contributed by atoms with van der Waals surface area (Å²) in [6.07, 6.45) is 1.78. The second-order valence-electron chi connectivity index (χ2n) is 5.37. The third kappa shape index (κ3) is 4.13. The molecule has 0 fully saturated rings. The van der Waals surface area contributed by atoms with Crippen LogP contribution < -0.4 is 4.80 Å². The normalized spacial score (nSPS) is 12.3. The molecule has 134 valence electrons. The Bertz CT molecular complexity index is 1100. The van der Waals surface area contributed by atoms with Gasteiger partial charge in [-0.25, -0.2) is 13.4 Å². The molecular formula is C18H14ClN2O3S2-. The Morgan fingerprint density at radius 2 is 1.81 bits per heavy atom. The average Bonchev–Trinajstić information content (AvgIpc) is 2.98. The second kappa shape index (κ2) is 7.59. The Morgan fingerprint density at radius 3 is 2.38 bits per heavy atom.